The molecule has 0 atom stereocenters. The Bertz CT molecular complexity index is 537. The van der Waals surface area contributed by atoms with E-state index < -0.39 is 0 Å². The molecule has 2 aromatic rings. The standard InChI is InChI=1S/C16H18BrNO/c1-12-5-7-13(8-6-12)11-19-16-14(9-10-18)3-2-4-15(16)17/h2-8H,9-11,18H2,1H3. The fraction of sp³-hybridized carbons (Fsp3) is 0.250. The monoisotopic (exact) mass is 319 g/mol. The van der Waals surface area contributed by atoms with Crippen molar-refractivity contribution in [3.8, 4) is 5.75 Å². The Hall–Kier alpha value is -1.32. The van der Waals surface area contributed by atoms with Crippen LogP contribution in [0.25, 0.3) is 0 Å². The molecule has 0 aromatic heterocycles. The van der Waals surface area contributed by atoms with E-state index in [4.69, 9.17) is 10.5 Å². The molecular weight excluding hydrogens is 302 g/mol. The summed E-state index contributed by atoms with van der Waals surface area (Å²) in [5, 5.41) is 0. The van der Waals surface area contributed by atoms with Crippen LogP contribution in [0.2, 0.25) is 0 Å². The van der Waals surface area contributed by atoms with Crippen molar-refractivity contribution in [1.82, 2.24) is 0 Å². The Morgan fingerprint density at radius 1 is 1.11 bits per heavy atom. The lowest BCUT2D eigenvalue weighted by molar-refractivity contribution is 0.301. The van der Waals surface area contributed by atoms with E-state index >= 15 is 0 Å². The summed E-state index contributed by atoms with van der Waals surface area (Å²) in [6.07, 6.45) is 0.822. The molecule has 0 spiro atoms. The number of halogens is 1. The van der Waals surface area contributed by atoms with Gasteiger partial charge >= 0.3 is 0 Å². The van der Waals surface area contributed by atoms with Crippen LogP contribution in [0.3, 0.4) is 0 Å². The molecule has 100 valence electrons. The number of hydrogen-bond donors (Lipinski definition) is 1. The number of para-hydroxylation sites is 1. The Morgan fingerprint density at radius 3 is 2.53 bits per heavy atom. The molecule has 0 fully saturated rings. The normalized spacial score (nSPS) is 10.5. The van der Waals surface area contributed by atoms with E-state index in [9.17, 15) is 0 Å². The Kier molecular flexibility index (Phi) is 5.00. The van der Waals surface area contributed by atoms with Crippen molar-refractivity contribution in [1.29, 1.82) is 0 Å². The van der Waals surface area contributed by atoms with Gasteiger partial charge in [0.15, 0.2) is 0 Å². The third kappa shape index (κ3) is 3.82. The summed E-state index contributed by atoms with van der Waals surface area (Å²) in [7, 11) is 0. The maximum Gasteiger partial charge on any atom is 0.137 e. The molecule has 2 rings (SSSR count). The Morgan fingerprint density at radius 2 is 1.84 bits per heavy atom. The van der Waals surface area contributed by atoms with Gasteiger partial charge in [0.25, 0.3) is 0 Å². The molecule has 0 bridgehead atoms. The highest BCUT2D eigenvalue weighted by atomic mass is 79.9. The first-order valence-electron chi connectivity index (χ1n) is 6.36. The van der Waals surface area contributed by atoms with Crippen LogP contribution < -0.4 is 10.5 Å². The maximum atomic E-state index is 5.94. The molecule has 19 heavy (non-hydrogen) atoms. The number of benzene rings is 2. The fourth-order valence-corrected chi connectivity index (χ4v) is 2.43. The lowest BCUT2D eigenvalue weighted by atomic mass is 10.1. The van der Waals surface area contributed by atoms with Gasteiger partial charge in [0.1, 0.15) is 12.4 Å². The molecule has 3 heteroatoms. The highest BCUT2D eigenvalue weighted by molar-refractivity contribution is 9.10. The van der Waals surface area contributed by atoms with Gasteiger partial charge in [0.2, 0.25) is 0 Å². The van der Waals surface area contributed by atoms with Gasteiger partial charge in [-0.2, -0.15) is 0 Å². The largest absolute Gasteiger partial charge is 0.487 e. The highest BCUT2D eigenvalue weighted by Crippen LogP contribution is 2.30. The van der Waals surface area contributed by atoms with E-state index in [2.05, 4.69) is 53.2 Å². The summed E-state index contributed by atoms with van der Waals surface area (Å²) in [6.45, 7) is 3.27. The van der Waals surface area contributed by atoms with Gasteiger partial charge in [-0.15, -0.1) is 0 Å². The second-order valence-electron chi connectivity index (χ2n) is 4.54. The molecule has 0 aliphatic carbocycles. The molecular formula is C16H18BrNO. The molecule has 0 saturated carbocycles. The van der Waals surface area contributed by atoms with Crippen LogP contribution in [-0.4, -0.2) is 6.54 Å². The highest BCUT2D eigenvalue weighted by Gasteiger charge is 2.07. The number of aryl methyl sites for hydroxylation is 1. The molecule has 0 unspecified atom stereocenters. The summed E-state index contributed by atoms with van der Waals surface area (Å²) < 4.78 is 6.92. The molecule has 0 radical (unpaired) electrons. The molecule has 0 aliphatic rings. The van der Waals surface area contributed by atoms with Crippen molar-refractivity contribution in [2.75, 3.05) is 6.54 Å². The Labute approximate surface area is 122 Å². The van der Waals surface area contributed by atoms with Gasteiger partial charge in [-0.3, -0.25) is 0 Å². The van der Waals surface area contributed by atoms with E-state index in [1.807, 2.05) is 12.1 Å². The second-order valence-corrected chi connectivity index (χ2v) is 5.40. The average molecular weight is 320 g/mol. The first-order valence-corrected chi connectivity index (χ1v) is 7.16. The van der Waals surface area contributed by atoms with Gasteiger partial charge in [0, 0.05) is 0 Å². The summed E-state index contributed by atoms with van der Waals surface area (Å²) in [5.74, 6) is 0.897. The first kappa shape index (κ1) is 14.1. The van der Waals surface area contributed by atoms with Crippen LogP contribution in [-0.2, 0) is 13.0 Å². The van der Waals surface area contributed by atoms with Crippen LogP contribution >= 0.6 is 15.9 Å². The SMILES string of the molecule is Cc1ccc(COc2c(Br)cccc2CCN)cc1. The minimum atomic E-state index is 0.570. The van der Waals surface area contributed by atoms with Crippen molar-refractivity contribution in [2.45, 2.75) is 20.0 Å². The first-order chi connectivity index (χ1) is 9.20. The minimum absolute atomic E-state index is 0.570. The molecule has 2 nitrogen and oxygen atoms in total. The van der Waals surface area contributed by atoms with Gasteiger partial charge in [-0.1, -0.05) is 42.0 Å². The van der Waals surface area contributed by atoms with Crippen molar-refractivity contribution < 1.29 is 4.74 Å². The fourth-order valence-electron chi connectivity index (χ4n) is 1.91. The van der Waals surface area contributed by atoms with Gasteiger partial charge in [-0.05, 0) is 53.0 Å². The number of hydrogen-bond acceptors (Lipinski definition) is 2. The summed E-state index contributed by atoms with van der Waals surface area (Å²) in [5.41, 5.74) is 9.20. The quantitative estimate of drug-likeness (QED) is 0.908. The van der Waals surface area contributed by atoms with E-state index in [0.29, 0.717) is 13.2 Å². The Balaban J connectivity index is 2.12. The molecule has 2 aromatic carbocycles. The zero-order valence-corrected chi connectivity index (χ0v) is 12.6. The number of nitrogens with two attached hydrogens (primary N) is 1. The second kappa shape index (κ2) is 6.73. The molecule has 0 aliphatic heterocycles. The average Bonchev–Trinajstić information content (AvgIpc) is 2.40. The minimum Gasteiger partial charge on any atom is -0.487 e. The number of ether oxygens (including phenoxy) is 1. The lowest BCUT2D eigenvalue weighted by Crippen LogP contribution is -2.06. The molecule has 0 amide bonds. The predicted molar refractivity (Wildman–Crippen MR) is 82.4 cm³/mol. The van der Waals surface area contributed by atoms with E-state index in [0.717, 1.165) is 22.2 Å². The smallest absolute Gasteiger partial charge is 0.137 e. The van der Waals surface area contributed by atoms with Crippen LogP contribution in [0, 0.1) is 6.92 Å². The van der Waals surface area contributed by atoms with Crippen LogP contribution in [0.5, 0.6) is 5.75 Å². The summed E-state index contributed by atoms with van der Waals surface area (Å²) in [6, 6.07) is 14.4. The van der Waals surface area contributed by atoms with Crippen LogP contribution in [0.1, 0.15) is 16.7 Å². The van der Waals surface area contributed by atoms with Crippen LogP contribution in [0.15, 0.2) is 46.9 Å². The molecule has 0 heterocycles. The summed E-state index contributed by atoms with van der Waals surface area (Å²) in [4.78, 5) is 0. The van der Waals surface area contributed by atoms with Crippen LogP contribution in [0.4, 0.5) is 0 Å². The van der Waals surface area contributed by atoms with Gasteiger partial charge in [-0.25, -0.2) is 0 Å². The molecule has 2 N–H and O–H groups in total. The lowest BCUT2D eigenvalue weighted by Gasteiger charge is -2.13. The van der Waals surface area contributed by atoms with Crippen molar-refractivity contribution >= 4 is 15.9 Å². The van der Waals surface area contributed by atoms with Crippen molar-refractivity contribution in [3.63, 3.8) is 0 Å². The third-order valence-electron chi connectivity index (χ3n) is 2.97. The van der Waals surface area contributed by atoms with Gasteiger partial charge in [0.05, 0.1) is 4.47 Å². The maximum absolute atomic E-state index is 5.94. The zero-order chi connectivity index (χ0) is 13.7. The van der Waals surface area contributed by atoms with Gasteiger partial charge < -0.3 is 10.5 Å². The predicted octanol–water partition coefficient (Wildman–Crippen LogP) is 3.84. The van der Waals surface area contributed by atoms with E-state index in [1.165, 1.54) is 11.1 Å². The topological polar surface area (TPSA) is 35.2 Å². The van der Waals surface area contributed by atoms with E-state index in [-0.39, 0.29) is 0 Å². The van der Waals surface area contributed by atoms with Crippen molar-refractivity contribution in [3.05, 3.63) is 63.6 Å². The van der Waals surface area contributed by atoms with Crippen molar-refractivity contribution in [2.24, 2.45) is 5.73 Å². The third-order valence-corrected chi connectivity index (χ3v) is 3.59. The zero-order valence-electron chi connectivity index (χ0n) is 11.0. The molecule has 0 saturated heterocycles. The van der Waals surface area contributed by atoms with E-state index in [1.54, 1.807) is 0 Å². The number of rotatable bonds is 5. The summed E-state index contributed by atoms with van der Waals surface area (Å²) >= 11 is 3.54.